The van der Waals surface area contributed by atoms with E-state index in [0.717, 1.165) is 5.56 Å². The van der Waals surface area contributed by atoms with E-state index in [1.807, 2.05) is 12.1 Å². The number of rotatable bonds is 6. The number of aromatic nitrogens is 2. The zero-order valence-corrected chi connectivity index (χ0v) is 17.0. The lowest BCUT2D eigenvalue weighted by Crippen LogP contribution is -2.28. The molecule has 0 aliphatic heterocycles. The van der Waals surface area contributed by atoms with Crippen LogP contribution in [-0.2, 0) is 17.0 Å². The first-order chi connectivity index (χ1) is 13.4. The summed E-state index contributed by atoms with van der Waals surface area (Å²) in [4.78, 5) is 29.3. The Hall–Kier alpha value is -2.35. The van der Waals surface area contributed by atoms with Gasteiger partial charge in [0.05, 0.1) is 36.2 Å². The molecule has 2 aromatic carbocycles. The number of aliphatic hydroxyl groups excluding tert-OH is 1. The van der Waals surface area contributed by atoms with Crippen LogP contribution in [0.5, 0.6) is 0 Å². The molecule has 0 saturated carbocycles. The molecule has 1 atom stereocenters. The molecule has 0 aliphatic rings. The molecule has 6 nitrogen and oxygen atoms in total. The Morgan fingerprint density at radius 2 is 2.00 bits per heavy atom. The van der Waals surface area contributed by atoms with Crippen LogP contribution >= 0.6 is 23.4 Å². The quantitative estimate of drug-likeness (QED) is 0.375. The lowest BCUT2D eigenvalue weighted by Gasteiger charge is -2.15. The first-order valence-electron chi connectivity index (χ1n) is 8.57. The minimum absolute atomic E-state index is 0.128. The molecule has 0 bridgehead atoms. The van der Waals surface area contributed by atoms with Crippen molar-refractivity contribution in [1.82, 2.24) is 9.55 Å². The first kappa shape index (κ1) is 20.4. The molecule has 0 aliphatic carbocycles. The molecule has 0 radical (unpaired) electrons. The van der Waals surface area contributed by atoms with E-state index in [9.17, 15) is 14.7 Å². The first-order valence-corrected chi connectivity index (χ1v) is 9.93. The molecule has 1 N–H and O–H groups in total. The molecule has 0 saturated heterocycles. The lowest BCUT2D eigenvalue weighted by molar-refractivity contribution is 0.0601. The van der Waals surface area contributed by atoms with Crippen molar-refractivity contribution < 1.29 is 14.6 Å². The Bertz CT molecular complexity index is 1060. The zero-order chi connectivity index (χ0) is 20.3. The van der Waals surface area contributed by atoms with E-state index in [0.29, 0.717) is 32.4 Å². The van der Waals surface area contributed by atoms with Crippen molar-refractivity contribution in [2.45, 2.75) is 30.5 Å². The summed E-state index contributed by atoms with van der Waals surface area (Å²) in [5.74, 6) is 0.0817. The van der Waals surface area contributed by atoms with Crippen LogP contribution in [-0.4, -0.2) is 33.8 Å². The molecule has 0 spiro atoms. The van der Waals surface area contributed by atoms with Gasteiger partial charge < -0.3 is 9.84 Å². The number of benzene rings is 2. The third-order valence-corrected chi connectivity index (χ3v) is 5.37. The van der Waals surface area contributed by atoms with Crippen molar-refractivity contribution >= 4 is 40.2 Å². The van der Waals surface area contributed by atoms with E-state index in [4.69, 9.17) is 16.3 Å². The van der Waals surface area contributed by atoms with E-state index >= 15 is 0 Å². The summed E-state index contributed by atoms with van der Waals surface area (Å²) < 4.78 is 6.20. The molecule has 0 fully saturated rings. The molecule has 1 aromatic heterocycles. The second-order valence-corrected chi connectivity index (χ2v) is 7.68. The molecule has 146 valence electrons. The number of nitrogens with zero attached hydrogens (tertiary/aromatic N) is 2. The number of hydrogen-bond acceptors (Lipinski definition) is 6. The summed E-state index contributed by atoms with van der Waals surface area (Å²) in [6.07, 6.45) is -0.707. The van der Waals surface area contributed by atoms with Gasteiger partial charge >= 0.3 is 5.97 Å². The Balaban J connectivity index is 2.04. The molecule has 28 heavy (non-hydrogen) atoms. The standard InChI is InChI=1S/C20H19ClN2O4S/c1-12(24)10-23-18(25)16-8-5-14(19(26)27-2)9-17(16)22-20(23)28-11-13-3-6-15(21)7-4-13/h3-9,12,24H,10-11H2,1-2H3/t12-/m0/s1. The van der Waals surface area contributed by atoms with E-state index in [-0.39, 0.29) is 12.1 Å². The second kappa shape index (κ2) is 8.77. The van der Waals surface area contributed by atoms with E-state index in [1.54, 1.807) is 31.2 Å². The largest absolute Gasteiger partial charge is 0.465 e. The molecule has 0 unspecified atom stereocenters. The summed E-state index contributed by atoms with van der Waals surface area (Å²) in [6, 6.07) is 12.1. The second-order valence-electron chi connectivity index (χ2n) is 6.30. The maximum absolute atomic E-state index is 13.0. The molecule has 3 aromatic rings. The number of aliphatic hydroxyl groups is 1. The van der Waals surface area contributed by atoms with Crippen molar-refractivity contribution in [2.24, 2.45) is 0 Å². The van der Waals surface area contributed by atoms with Crippen molar-refractivity contribution in [3.8, 4) is 0 Å². The van der Waals surface area contributed by atoms with E-state index in [2.05, 4.69) is 4.98 Å². The summed E-state index contributed by atoms with van der Waals surface area (Å²) in [6.45, 7) is 1.74. The van der Waals surface area contributed by atoms with Gasteiger partial charge in [0, 0.05) is 10.8 Å². The fourth-order valence-electron chi connectivity index (χ4n) is 2.71. The highest BCUT2D eigenvalue weighted by atomic mass is 35.5. The number of thioether (sulfide) groups is 1. The molecular weight excluding hydrogens is 400 g/mol. The smallest absolute Gasteiger partial charge is 0.337 e. The lowest BCUT2D eigenvalue weighted by atomic mass is 10.1. The van der Waals surface area contributed by atoms with Crippen molar-refractivity contribution in [3.05, 3.63) is 69.0 Å². The highest BCUT2D eigenvalue weighted by molar-refractivity contribution is 7.98. The van der Waals surface area contributed by atoms with Gasteiger partial charge in [-0.15, -0.1) is 0 Å². The van der Waals surface area contributed by atoms with Crippen LogP contribution in [0, 0.1) is 0 Å². The van der Waals surface area contributed by atoms with Gasteiger partial charge in [-0.05, 0) is 42.8 Å². The number of halogens is 1. The van der Waals surface area contributed by atoms with Gasteiger partial charge in [-0.2, -0.15) is 0 Å². The predicted molar refractivity (Wildman–Crippen MR) is 110 cm³/mol. The Kier molecular flexibility index (Phi) is 6.39. The van der Waals surface area contributed by atoms with Gasteiger partial charge in [0.2, 0.25) is 0 Å². The van der Waals surface area contributed by atoms with Crippen LogP contribution < -0.4 is 5.56 Å². The Morgan fingerprint density at radius 3 is 2.64 bits per heavy atom. The highest BCUT2D eigenvalue weighted by Crippen LogP contribution is 2.24. The predicted octanol–water partition coefficient (Wildman–Crippen LogP) is 3.51. The average Bonchev–Trinajstić information content (AvgIpc) is 2.68. The minimum atomic E-state index is -0.707. The van der Waals surface area contributed by atoms with Gasteiger partial charge in [0.25, 0.3) is 5.56 Å². The van der Waals surface area contributed by atoms with E-state index < -0.39 is 12.1 Å². The van der Waals surface area contributed by atoms with Crippen LogP contribution in [0.3, 0.4) is 0 Å². The number of esters is 1. The summed E-state index contributed by atoms with van der Waals surface area (Å²) in [5, 5.41) is 11.3. The van der Waals surface area contributed by atoms with Crippen LogP contribution in [0.15, 0.2) is 52.4 Å². The monoisotopic (exact) mass is 418 g/mol. The van der Waals surface area contributed by atoms with Gasteiger partial charge in [-0.25, -0.2) is 9.78 Å². The molecule has 1 heterocycles. The van der Waals surface area contributed by atoms with Crippen molar-refractivity contribution in [3.63, 3.8) is 0 Å². The van der Waals surface area contributed by atoms with Crippen LogP contribution in [0.4, 0.5) is 0 Å². The van der Waals surface area contributed by atoms with E-state index in [1.165, 1.54) is 29.5 Å². The summed E-state index contributed by atoms with van der Waals surface area (Å²) in [5.41, 5.74) is 1.49. The molecule has 8 heteroatoms. The summed E-state index contributed by atoms with van der Waals surface area (Å²) in [7, 11) is 1.30. The molecule has 3 rings (SSSR count). The number of methoxy groups -OCH3 is 1. The number of carbonyl (C=O) groups excluding carboxylic acids is 1. The van der Waals surface area contributed by atoms with Crippen LogP contribution in [0.1, 0.15) is 22.8 Å². The summed E-state index contributed by atoms with van der Waals surface area (Å²) >= 11 is 7.30. The SMILES string of the molecule is COC(=O)c1ccc2c(=O)n(C[C@H](C)O)c(SCc3ccc(Cl)cc3)nc2c1. The third kappa shape index (κ3) is 4.55. The Labute approximate surface area is 171 Å². The van der Waals surface area contributed by atoms with Crippen LogP contribution in [0.2, 0.25) is 5.02 Å². The molecular formula is C20H19ClN2O4S. The van der Waals surface area contributed by atoms with Gasteiger partial charge in [-0.1, -0.05) is 35.5 Å². The average molecular weight is 419 g/mol. The van der Waals surface area contributed by atoms with Crippen molar-refractivity contribution in [1.29, 1.82) is 0 Å². The fraction of sp³-hybridized carbons (Fsp3) is 0.250. The van der Waals surface area contributed by atoms with Gasteiger partial charge in [-0.3, -0.25) is 9.36 Å². The number of hydrogen-bond donors (Lipinski definition) is 1. The number of ether oxygens (including phenoxy) is 1. The van der Waals surface area contributed by atoms with Gasteiger partial charge in [0.1, 0.15) is 0 Å². The maximum Gasteiger partial charge on any atom is 0.337 e. The normalized spacial score (nSPS) is 12.1. The van der Waals surface area contributed by atoms with Crippen LogP contribution in [0.25, 0.3) is 10.9 Å². The Morgan fingerprint density at radius 1 is 1.29 bits per heavy atom. The topological polar surface area (TPSA) is 81.4 Å². The fourth-order valence-corrected chi connectivity index (χ4v) is 3.80. The third-order valence-electron chi connectivity index (χ3n) is 4.07. The van der Waals surface area contributed by atoms with Gasteiger partial charge in [0.15, 0.2) is 5.16 Å². The zero-order valence-electron chi connectivity index (χ0n) is 15.4. The maximum atomic E-state index is 13.0. The number of fused-ring (bicyclic) bond motifs is 1. The molecule has 0 amide bonds. The van der Waals surface area contributed by atoms with Crippen molar-refractivity contribution in [2.75, 3.05) is 7.11 Å². The highest BCUT2D eigenvalue weighted by Gasteiger charge is 2.15. The number of carbonyl (C=O) groups is 1. The minimum Gasteiger partial charge on any atom is -0.465 e.